The van der Waals surface area contributed by atoms with Crippen molar-refractivity contribution >= 4 is 12.2 Å². The molecule has 126 valence electrons. The highest BCUT2D eigenvalue weighted by atomic mass is 16.1. The average molecular weight is 333 g/mol. The van der Waals surface area contributed by atoms with Crippen molar-refractivity contribution in [3.63, 3.8) is 0 Å². The van der Waals surface area contributed by atoms with Gasteiger partial charge < -0.3 is 0 Å². The predicted molar refractivity (Wildman–Crippen MR) is 99.8 cm³/mol. The Hall–Kier alpha value is -3.28. The van der Waals surface area contributed by atoms with E-state index in [0.29, 0.717) is 5.92 Å². The van der Waals surface area contributed by atoms with Crippen molar-refractivity contribution < 1.29 is 0 Å². The van der Waals surface area contributed by atoms with Gasteiger partial charge in [-0.05, 0) is 17.0 Å². The summed E-state index contributed by atoms with van der Waals surface area (Å²) in [5, 5.41) is 12.0. The molecule has 3 rings (SSSR count). The predicted octanol–water partition coefficient (Wildman–Crippen LogP) is 3.40. The fourth-order valence-corrected chi connectivity index (χ4v) is 2.31. The number of aromatic amines is 1. The number of H-pyrrole nitrogens is 1. The maximum absolute atomic E-state index is 12.1. The lowest BCUT2D eigenvalue weighted by molar-refractivity contribution is 0.866. The topological polar surface area (TPSA) is 83.0 Å². The molecule has 0 aliphatic heterocycles. The summed E-state index contributed by atoms with van der Waals surface area (Å²) in [6.07, 6.45) is 1.66. The minimum Gasteiger partial charge on any atom is -0.288 e. The van der Waals surface area contributed by atoms with Gasteiger partial charge in [0.15, 0.2) is 5.69 Å². The smallest absolute Gasteiger partial charge is 0.279 e. The van der Waals surface area contributed by atoms with Crippen LogP contribution in [0.25, 0.3) is 11.3 Å². The number of benzene rings is 2. The third-order valence-corrected chi connectivity index (χ3v) is 3.73. The van der Waals surface area contributed by atoms with Crippen molar-refractivity contribution in [3.05, 3.63) is 76.1 Å². The van der Waals surface area contributed by atoms with Crippen molar-refractivity contribution in [2.45, 2.75) is 19.8 Å². The van der Waals surface area contributed by atoms with Crippen LogP contribution < -0.4 is 11.0 Å². The van der Waals surface area contributed by atoms with Gasteiger partial charge in [0.1, 0.15) is 0 Å². The van der Waals surface area contributed by atoms with E-state index in [0.717, 1.165) is 11.1 Å². The van der Waals surface area contributed by atoms with Gasteiger partial charge in [-0.25, -0.2) is 5.43 Å². The van der Waals surface area contributed by atoms with Crippen LogP contribution in [0.15, 0.2) is 64.5 Å². The highest BCUT2D eigenvalue weighted by Crippen LogP contribution is 2.14. The number of aromatic nitrogens is 3. The first-order valence-electron chi connectivity index (χ1n) is 8.05. The Balaban J connectivity index is 1.69. The molecule has 0 saturated heterocycles. The lowest BCUT2D eigenvalue weighted by Gasteiger charge is -2.04. The van der Waals surface area contributed by atoms with E-state index in [1.54, 1.807) is 6.21 Å². The largest absolute Gasteiger partial charge is 0.288 e. The summed E-state index contributed by atoms with van der Waals surface area (Å²) in [6.45, 7) is 4.30. The number of nitrogens with one attached hydrogen (secondary N) is 2. The molecule has 1 aromatic heterocycles. The van der Waals surface area contributed by atoms with Crippen LogP contribution in [0.5, 0.6) is 0 Å². The van der Waals surface area contributed by atoms with Crippen LogP contribution >= 0.6 is 0 Å². The molecule has 0 unspecified atom stereocenters. The van der Waals surface area contributed by atoms with E-state index in [1.807, 2.05) is 42.5 Å². The summed E-state index contributed by atoms with van der Waals surface area (Å²) < 4.78 is 0. The van der Waals surface area contributed by atoms with Gasteiger partial charge in [0.05, 0.1) is 6.21 Å². The van der Waals surface area contributed by atoms with Gasteiger partial charge in [-0.1, -0.05) is 68.4 Å². The second-order valence-corrected chi connectivity index (χ2v) is 5.91. The van der Waals surface area contributed by atoms with Crippen LogP contribution in [-0.4, -0.2) is 21.4 Å². The van der Waals surface area contributed by atoms with E-state index in [9.17, 15) is 4.79 Å². The fourth-order valence-electron chi connectivity index (χ4n) is 2.31. The molecule has 0 saturated carbocycles. The van der Waals surface area contributed by atoms with Gasteiger partial charge in [-0.15, -0.1) is 10.2 Å². The second kappa shape index (κ2) is 7.53. The molecule has 0 atom stereocenters. The molecule has 0 fully saturated rings. The van der Waals surface area contributed by atoms with Crippen LogP contribution in [0, 0.1) is 0 Å². The number of hydrazone groups is 1. The molecule has 2 aromatic carbocycles. The van der Waals surface area contributed by atoms with E-state index in [1.165, 1.54) is 5.56 Å². The summed E-state index contributed by atoms with van der Waals surface area (Å²) in [4.78, 5) is 14.8. The molecule has 0 aliphatic carbocycles. The van der Waals surface area contributed by atoms with Crippen molar-refractivity contribution in [2.75, 3.05) is 5.43 Å². The van der Waals surface area contributed by atoms with Gasteiger partial charge in [0, 0.05) is 5.56 Å². The third-order valence-electron chi connectivity index (χ3n) is 3.73. The van der Waals surface area contributed by atoms with E-state index >= 15 is 0 Å². The molecule has 6 heteroatoms. The SMILES string of the molecule is CC(C)c1ccc(/C=N/Nc2nnc(-c3ccccc3)c(=O)[nH]2)cc1. The average Bonchev–Trinajstić information content (AvgIpc) is 2.63. The summed E-state index contributed by atoms with van der Waals surface area (Å²) in [6, 6.07) is 17.3. The van der Waals surface area contributed by atoms with E-state index in [4.69, 9.17) is 0 Å². The van der Waals surface area contributed by atoms with Crippen LogP contribution in [0.2, 0.25) is 0 Å². The highest BCUT2D eigenvalue weighted by Gasteiger charge is 2.06. The summed E-state index contributed by atoms with van der Waals surface area (Å²) in [7, 11) is 0. The molecular weight excluding hydrogens is 314 g/mol. The Kier molecular flexibility index (Phi) is 4.99. The number of hydrogen-bond acceptors (Lipinski definition) is 5. The van der Waals surface area contributed by atoms with Crippen molar-refractivity contribution in [1.29, 1.82) is 0 Å². The molecule has 0 aliphatic rings. The molecule has 0 bridgehead atoms. The lowest BCUT2D eigenvalue weighted by atomic mass is 10.0. The summed E-state index contributed by atoms with van der Waals surface area (Å²) in [5.41, 5.74) is 5.59. The zero-order valence-electron chi connectivity index (χ0n) is 14.1. The zero-order valence-corrected chi connectivity index (χ0v) is 14.1. The second-order valence-electron chi connectivity index (χ2n) is 5.91. The first-order valence-corrected chi connectivity index (χ1v) is 8.05. The quantitative estimate of drug-likeness (QED) is 0.554. The number of hydrogen-bond donors (Lipinski definition) is 2. The van der Waals surface area contributed by atoms with Crippen LogP contribution in [0.4, 0.5) is 5.95 Å². The monoisotopic (exact) mass is 333 g/mol. The molecule has 6 nitrogen and oxygen atoms in total. The first-order chi connectivity index (χ1) is 12.1. The van der Waals surface area contributed by atoms with Gasteiger partial charge in [0.25, 0.3) is 5.56 Å². The lowest BCUT2D eigenvalue weighted by Crippen LogP contribution is -2.15. The Labute approximate surface area is 145 Å². The number of rotatable bonds is 5. The Bertz CT molecular complexity index is 915. The van der Waals surface area contributed by atoms with Gasteiger partial charge >= 0.3 is 0 Å². The third kappa shape index (κ3) is 4.17. The Morgan fingerprint density at radius 3 is 2.40 bits per heavy atom. The fraction of sp³-hybridized carbons (Fsp3) is 0.158. The molecule has 0 spiro atoms. The Morgan fingerprint density at radius 1 is 1.04 bits per heavy atom. The summed E-state index contributed by atoms with van der Waals surface area (Å²) in [5.74, 6) is 0.687. The zero-order chi connectivity index (χ0) is 17.6. The number of nitrogens with zero attached hydrogens (tertiary/aromatic N) is 3. The van der Waals surface area contributed by atoms with Gasteiger partial charge in [-0.3, -0.25) is 9.78 Å². The van der Waals surface area contributed by atoms with Gasteiger partial charge in [0.2, 0.25) is 5.95 Å². The van der Waals surface area contributed by atoms with Crippen molar-refractivity contribution in [3.8, 4) is 11.3 Å². The summed E-state index contributed by atoms with van der Waals surface area (Å²) >= 11 is 0. The van der Waals surface area contributed by atoms with E-state index in [2.05, 4.69) is 51.7 Å². The molecule has 0 amide bonds. The molecule has 25 heavy (non-hydrogen) atoms. The molecular formula is C19H19N5O. The molecule has 3 aromatic rings. The Morgan fingerprint density at radius 2 is 1.76 bits per heavy atom. The maximum Gasteiger partial charge on any atom is 0.279 e. The molecule has 2 N–H and O–H groups in total. The minimum absolute atomic E-state index is 0.194. The van der Waals surface area contributed by atoms with Crippen molar-refractivity contribution in [2.24, 2.45) is 5.10 Å². The highest BCUT2D eigenvalue weighted by molar-refractivity contribution is 5.80. The first kappa shape index (κ1) is 16.6. The maximum atomic E-state index is 12.1. The van der Waals surface area contributed by atoms with Crippen molar-refractivity contribution in [1.82, 2.24) is 15.2 Å². The van der Waals surface area contributed by atoms with Gasteiger partial charge in [-0.2, -0.15) is 5.10 Å². The van der Waals surface area contributed by atoms with E-state index < -0.39 is 0 Å². The van der Waals surface area contributed by atoms with E-state index in [-0.39, 0.29) is 17.2 Å². The standard InChI is InChI=1S/C19H19N5O/c1-13(2)15-10-8-14(9-11-15)12-20-23-19-21-18(25)17(22-24-19)16-6-4-3-5-7-16/h3-13H,1-2H3,(H2,21,23,24,25)/b20-12+. The normalized spacial score (nSPS) is 11.2. The van der Waals surface area contributed by atoms with Crippen LogP contribution in [-0.2, 0) is 0 Å². The molecule has 0 radical (unpaired) electrons. The minimum atomic E-state index is -0.319. The molecule has 1 heterocycles. The number of anilines is 1. The van der Waals surface area contributed by atoms with Crippen LogP contribution in [0.1, 0.15) is 30.9 Å². The van der Waals surface area contributed by atoms with Crippen LogP contribution in [0.3, 0.4) is 0 Å².